The molecule has 2 amide bonds. The van der Waals surface area contributed by atoms with Crippen LogP contribution in [0.25, 0.3) is 0 Å². The molecule has 3 rings (SSSR count). The first-order chi connectivity index (χ1) is 9.61. The molecule has 2 N–H and O–H groups in total. The Morgan fingerprint density at radius 3 is 2.25 bits per heavy atom. The van der Waals surface area contributed by atoms with Gasteiger partial charge in [-0.15, -0.1) is 0 Å². The predicted octanol–water partition coefficient (Wildman–Crippen LogP) is 2.07. The molecular formula is C15H24N2O3. The largest absolute Gasteiger partial charge is 0.481 e. The van der Waals surface area contributed by atoms with Gasteiger partial charge in [-0.2, -0.15) is 0 Å². The molecule has 0 bridgehead atoms. The number of amides is 2. The molecular weight excluding hydrogens is 256 g/mol. The van der Waals surface area contributed by atoms with Gasteiger partial charge in [0.05, 0.1) is 5.41 Å². The van der Waals surface area contributed by atoms with Gasteiger partial charge in [0.1, 0.15) is 0 Å². The topological polar surface area (TPSA) is 69.6 Å². The van der Waals surface area contributed by atoms with Crippen molar-refractivity contribution in [3.63, 3.8) is 0 Å². The summed E-state index contributed by atoms with van der Waals surface area (Å²) in [7, 11) is 0. The van der Waals surface area contributed by atoms with Gasteiger partial charge in [-0.25, -0.2) is 4.79 Å². The Bertz CT molecular complexity index is 392. The van der Waals surface area contributed by atoms with E-state index in [1.807, 2.05) is 4.90 Å². The zero-order valence-corrected chi connectivity index (χ0v) is 11.9. The highest BCUT2D eigenvalue weighted by molar-refractivity contribution is 5.78. The lowest BCUT2D eigenvalue weighted by atomic mass is 9.86. The maximum absolute atomic E-state index is 12.2. The van der Waals surface area contributed by atoms with Crippen molar-refractivity contribution in [1.29, 1.82) is 0 Å². The summed E-state index contributed by atoms with van der Waals surface area (Å²) in [6.45, 7) is 2.00. The fourth-order valence-corrected chi connectivity index (χ4v) is 4.28. The Hall–Kier alpha value is -1.26. The van der Waals surface area contributed by atoms with Crippen molar-refractivity contribution in [3.8, 4) is 0 Å². The third-order valence-corrected chi connectivity index (χ3v) is 5.61. The number of fused-ring (bicyclic) bond motifs is 1. The van der Waals surface area contributed by atoms with E-state index < -0.39 is 11.4 Å². The third kappa shape index (κ3) is 2.38. The highest BCUT2D eigenvalue weighted by Crippen LogP contribution is 2.39. The standard InChI is InChI=1S/C15H24N2O3/c18-13(19)15(6-1-2-7-15)10-16-14(20)17-8-11-4-3-5-12(11)9-17/h11-12H,1-10H2,(H,16,20)(H,18,19). The fraction of sp³-hybridized carbons (Fsp3) is 0.867. The van der Waals surface area contributed by atoms with Crippen LogP contribution in [-0.4, -0.2) is 41.6 Å². The van der Waals surface area contributed by atoms with Crippen molar-refractivity contribution in [2.75, 3.05) is 19.6 Å². The fourth-order valence-electron chi connectivity index (χ4n) is 4.28. The molecule has 5 nitrogen and oxygen atoms in total. The van der Waals surface area contributed by atoms with Crippen molar-refractivity contribution in [2.45, 2.75) is 44.9 Å². The molecule has 3 fully saturated rings. The lowest BCUT2D eigenvalue weighted by Crippen LogP contribution is -2.46. The summed E-state index contributed by atoms with van der Waals surface area (Å²) in [5, 5.41) is 12.3. The molecule has 1 aliphatic heterocycles. The number of nitrogens with zero attached hydrogens (tertiary/aromatic N) is 1. The monoisotopic (exact) mass is 280 g/mol. The number of carbonyl (C=O) groups excluding carboxylic acids is 1. The Morgan fingerprint density at radius 2 is 1.70 bits per heavy atom. The molecule has 3 aliphatic rings. The average Bonchev–Trinajstić information content (AvgIpc) is 3.11. The molecule has 112 valence electrons. The SMILES string of the molecule is O=C(NCC1(C(=O)O)CCCC1)N1CC2CCCC2C1. The van der Waals surface area contributed by atoms with Crippen molar-refractivity contribution in [3.05, 3.63) is 0 Å². The summed E-state index contributed by atoms with van der Waals surface area (Å²) in [4.78, 5) is 25.6. The van der Waals surface area contributed by atoms with Gasteiger partial charge in [0, 0.05) is 19.6 Å². The van der Waals surface area contributed by atoms with Gasteiger partial charge >= 0.3 is 12.0 Å². The van der Waals surface area contributed by atoms with Crippen molar-refractivity contribution < 1.29 is 14.7 Å². The minimum Gasteiger partial charge on any atom is -0.481 e. The van der Waals surface area contributed by atoms with E-state index in [-0.39, 0.29) is 12.6 Å². The van der Waals surface area contributed by atoms with Crippen LogP contribution >= 0.6 is 0 Å². The number of rotatable bonds is 3. The Labute approximate surface area is 119 Å². The average molecular weight is 280 g/mol. The summed E-state index contributed by atoms with van der Waals surface area (Å²) in [5.74, 6) is 0.606. The number of carboxylic acid groups (broad SMARTS) is 1. The number of aliphatic carboxylic acids is 1. The maximum Gasteiger partial charge on any atom is 0.317 e. The van der Waals surface area contributed by atoms with E-state index in [9.17, 15) is 14.7 Å². The van der Waals surface area contributed by atoms with Crippen LogP contribution in [0.5, 0.6) is 0 Å². The molecule has 5 heteroatoms. The van der Waals surface area contributed by atoms with E-state index in [1.54, 1.807) is 0 Å². The number of likely N-dealkylation sites (tertiary alicyclic amines) is 1. The summed E-state index contributed by atoms with van der Waals surface area (Å²) >= 11 is 0. The summed E-state index contributed by atoms with van der Waals surface area (Å²) in [5.41, 5.74) is -0.717. The summed E-state index contributed by atoms with van der Waals surface area (Å²) in [6.07, 6.45) is 7.07. The van der Waals surface area contributed by atoms with Gasteiger partial charge in [0.25, 0.3) is 0 Å². The van der Waals surface area contributed by atoms with Crippen LogP contribution in [0.2, 0.25) is 0 Å². The molecule has 0 aromatic rings. The molecule has 0 radical (unpaired) electrons. The zero-order chi connectivity index (χ0) is 14.2. The highest BCUT2D eigenvalue weighted by atomic mass is 16.4. The number of nitrogens with one attached hydrogen (secondary N) is 1. The lowest BCUT2D eigenvalue weighted by Gasteiger charge is -2.26. The van der Waals surface area contributed by atoms with Crippen LogP contribution in [0, 0.1) is 17.3 Å². The second-order valence-corrected chi connectivity index (χ2v) is 6.81. The summed E-state index contributed by atoms with van der Waals surface area (Å²) in [6, 6.07) is -0.0630. The second kappa shape index (κ2) is 5.26. The van der Waals surface area contributed by atoms with Crippen molar-refractivity contribution >= 4 is 12.0 Å². The van der Waals surface area contributed by atoms with Gasteiger partial charge in [-0.05, 0) is 37.5 Å². The van der Waals surface area contributed by atoms with E-state index in [0.717, 1.165) is 25.9 Å². The van der Waals surface area contributed by atoms with Gasteiger partial charge in [0.15, 0.2) is 0 Å². The molecule has 1 heterocycles. The first-order valence-electron chi connectivity index (χ1n) is 7.87. The van der Waals surface area contributed by atoms with E-state index >= 15 is 0 Å². The summed E-state index contributed by atoms with van der Waals surface area (Å²) < 4.78 is 0. The van der Waals surface area contributed by atoms with E-state index in [0.29, 0.717) is 24.7 Å². The lowest BCUT2D eigenvalue weighted by molar-refractivity contribution is -0.148. The van der Waals surface area contributed by atoms with Gasteiger partial charge in [0.2, 0.25) is 0 Å². The van der Waals surface area contributed by atoms with Crippen LogP contribution in [0.3, 0.4) is 0 Å². The molecule has 2 unspecified atom stereocenters. The number of hydrogen-bond acceptors (Lipinski definition) is 2. The van der Waals surface area contributed by atoms with Gasteiger partial charge in [-0.1, -0.05) is 19.3 Å². The van der Waals surface area contributed by atoms with Crippen LogP contribution in [-0.2, 0) is 4.79 Å². The van der Waals surface area contributed by atoms with E-state index in [1.165, 1.54) is 19.3 Å². The molecule has 2 atom stereocenters. The minimum absolute atomic E-state index is 0.0630. The van der Waals surface area contributed by atoms with Crippen LogP contribution < -0.4 is 5.32 Å². The molecule has 2 saturated carbocycles. The maximum atomic E-state index is 12.2. The van der Waals surface area contributed by atoms with E-state index in [4.69, 9.17) is 0 Å². The van der Waals surface area contributed by atoms with Gasteiger partial charge < -0.3 is 15.3 Å². The van der Waals surface area contributed by atoms with Gasteiger partial charge in [-0.3, -0.25) is 4.79 Å². The third-order valence-electron chi connectivity index (χ3n) is 5.61. The normalized spacial score (nSPS) is 31.3. The molecule has 0 aromatic carbocycles. The minimum atomic E-state index is -0.756. The highest BCUT2D eigenvalue weighted by Gasteiger charge is 2.43. The Morgan fingerprint density at radius 1 is 1.10 bits per heavy atom. The molecule has 0 aromatic heterocycles. The van der Waals surface area contributed by atoms with E-state index in [2.05, 4.69) is 5.32 Å². The number of carboxylic acids is 1. The zero-order valence-electron chi connectivity index (χ0n) is 11.9. The quantitative estimate of drug-likeness (QED) is 0.831. The second-order valence-electron chi connectivity index (χ2n) is 6.81. The Balaban J connectivity index is 1.53. The molecule has 20 heavy (non-hydrogen) atoms. The smallest absolute Gasteiger partial charge is 0.317 e. The number of hydrogen-bond donors (Lipinski definition) is 2. The van der Waals surface area contributed by atoms with Crippen LogP contribution in [0.15, 0.2) is 0 Å². The van der Waals surface area contributed by atoms with Crippen LogP contribution in [0.4, 0.5) is 4.79 Å². The Kier molecular flexibility index (Phi) is 3.61. The number of carbonyl (C=O) groups is 2. The first-order valence-corrected chi connectivity index (χ1v) is 7.87. The predicted molar refractivity (Wildman–Crippen MR) is 74.3 cm³/mol. The molecule has 1 saturated heterocycles. The van der Waals surface area contributed by atoms with Crippen LogP contribution in [0.1, 0.15) is 44.9 Å². The number of urea groups is 1. The molecule has 2 aliphatic carbocycles. The van der Waals surface area contributed by atoms with Crippen molar-refractivity contribution in [2.24, 2.45) is 17.3 Å². The first kappa shape index (κ1) is 13.7. The molecule has 0 spiro atoms. The van der Waals surface area contributed by atoms with Crippen molar-refractivity contribution in [1.82, 2.24) is 10.2 Å².